The third kappa shape index (κ3) is 3.23. The number of benzene rings is 2. The molecule has 0 aliphatic rings. The standard InChI is InChI=1S/C14H12BrF2NO/c1-8-4-10(15)5-13(18)14(8)19-7-9-2-3-11(16)6-12(9)17/h2-6H,7,18H2,1H3. The van der Waals surface area contributed by atoms with Crippen LogP contribution in [0.5, 0.6) is 5.75 Å². The summed E-state index contributed by atoms with van der Waals surface area (Å²) in [5, 5.41) is 0. The molecule has 0 atom stereocenters. The number of rotatable bonds is 3. The van der Waals surface area contributed by atoms with Crippen LogP contribution < -0.4 is 10.5 Å². The normalized spacial score (nSPS) is 10.5. The van der Waals surface area contributed by atoms with Crippen LogP contribution in [0.3, 0.4) is 0 Å². The van der Waals surface area contributed by atoms with E-state index in [1.165, 1.54) is 12.1 Å². The summed E-state index contributed by atoms with van der Waals surface area (Å²) >= 11 is 3.33. The molecule has 100 valence electrons. The predicted molar refractivity (Wildman–Crippen MR) is 74.0 cm³/mol. The first-order valence-electron chi connectivity index (χ1n) is 5.59. The van der Waals surface area contributed by atoms with Gasteiger partial charge in [0.2, 0.25) is 0 Å². The van der Waals surface area contributed by atoms with Gasteiger partial charge in [0.05, 0.1) is 5.69 Å². The predicted octanol–water partition coefficient (Wildman–Crippen LogP) is 4.20. The number of nitrogens with two attached hydrogens (primary N) is 1. The molecule has 0 aliphatic carbocycles. The summed E-state index contributed by atoms with van der Waals surface area (Å²) in [6.45, 7) is 1.84. The fourth-order valence-corrected chi connectivity index (χ4v) is 2.33. The number of hydrogen-bond acceptors (Lipinski definition) is 2. The third-order valence-corrected chi connectivity index (χ3v) is 3.11. The Morgan fingerprint density at radius 1 is 1.21 bits per heavy atom. The van der Waals surface area contributed by atoms with Crippen LogP contribution in [-0.2, 0) is 6.61 Å². The smallest absolute Gasteiger partial charge is 0.145 e. The quantitative estimate of drug-likeness (QED) is 0.857. The van der Waals surface area contributed by atoms with Crippen molar-refractivity contribution in [3.05, 3.63) is 57.6 Å². The van der Waals surface area contributed by atoms with Crippen LogP contribution in [0.2, 0.25) is 0 Å². The Balaban J connectivity index is 2.19. The maximum absolute atomic E-state index is 13.5. The minimum Gasteiger partial charge on any atom is -0.486 e. The van der Waals surface area contributed by atoms with Crippen LogP contribution in [0.15, 0.2) is 34.8 Å². The molecule has 0 unspecified atom stereocenters. The molecule has 2 N–H and O–H groups in total. The second-order valence-electron chi connectivity index (χ2n) is 4.17. The molecule has 0 heterocycles. The van der Waals surface area contributed by atoms with E-state index in [2.05, 4.69) is 15.9 Å². The third-order valence-electron chi connectivity index (χ3n) is 2.66. The molecular formula is C14H12BrF2NO. The summed E-state index contributed by atoms with van der Waals surface area (Å²) in [4.78, 5) is 0. The van der Waals surface area contributed by atoms with Crippen LogP contribution in [-0.4, -0.2) is 0 Å². The Labute approximate surface area is 118 Å². The van der Waals surface area contributed by atoms with Gasteiger partial charge in [0.1, 0.15) is 24.0 Å². The topological polar surface area (TPSA) is 35.2 Å². The average Bonchev–Trinajstić information content (AvgIpc) is 2.30. The van der Waals surface area contributed by atoms with Crippen molar-refractivity contribution < 1.29 is 13.5 Å². The molecule has 0 aliphatic heterocycles. The highest BCUT2D eigenvalue weighted by Gasteiger charge is 2.09. The van der Waals surface area contributed by atoms with Crippen molar-refractivity contribution in [2.75, 3.05) is 5.73 Å². The largest absolute Gasteiger partial charge is 0.486 e. The molecule has 2 aromatic rings. The molecular weight excluding hydrogens is 316 g/mol. The Kier molecular flexibility index (Phi) is 4.04. The van der Waals surface area contributed by atoms with Crippen molar-refractivity contribution in [3.8, 4) is 5.75 Å². The Morgan fingerprint density at radius 3 is 2.58 bits per heavy atom. The lowest BCUT2D eigenvalue weighted by molar-refractivity contribution is 0.299. The highest BCUT2D eigenvalue weighted by Crippen LogP contribution is 2.30. The summed E-state index contributed by atoms with van der Waals surface area (Å²) in [5.41, 5.74) is 7.43. The van der Waals surface area contributed by atoms with Gasteiger partial charge in [-0.2, -0.15) is 0 Å². The number of aryl methyl sites for hydroxylation is 1. The number of anilines is 1. The van der Waals surface area contributed by atoms with Crippen molar-refractivity contribution in [2.24, 2.45) is 0 Å². The van der Waals surface area contributed by atoms with E-state index < -0.39 is 11.6 Å². The van der Waals surface area contributed by atoms with E-state index in [-0.39, 0.29) is 12.2 Å². The Hall–Kier alpha value is -1.62. The van der Waals surface area contributed by atoms with Gasteiger partial charge >= 0.3 is 0 Å². The lowest BCUT2D eigenvalue weighted by Gasteiger charge is -2.12. The van der Waals surface area contributed by atoms with E-state index in [4.69, 9.17) is 10.5 Å². The molecule has 0 fully saturated rings. The van der Waals surface area contributed by atoms with Gasteiger partial charge in [-0.05, 0) is 36.8 Å². The summed E-state index contributed by atoms with van der Waals surface area (Å²) < 4.78 is 32.6. The summed E-state index contributed by atoms with van der Waals surface area (Å²) in [7, 11) is 0. The zero-order valence-corrected chi connectivity index (χ0v) is 11.8. The lowest BCUT2D eigenvalue weighted by Crippen LogP contribution is -2.03. The molecule has 0 bridgehead atoms. The monoisotopic (exact) mass is 327 g/mol. The molecule has 0 saturated heterocycles. The molecule has 0 amide bonds. The van der Waals surface area contributed by atoms with Gasteiger partial charge < -0.3 is 10.5 Å². The van der Waals surface area contributed by atoms with Crippen molar-refractivity contribution in [1.82, 2.24) is 0 Å². The van der Waals surface area contributed by atoms with Gasteiger partial charge in [0, 0.05) is 16.1 Å². The molecule has 2 nitrogen and oxygen atoms in total. The van der Waals surface area contributed by atoms with E-state index >= 15 is 0 Å². The first kappa shape index (κ1) is 13.8. The molecule has 2 rings (SSSR count). The van der Waals surface area contributed by atoms with Gasteiger partial charge in [-0.1, -0.05) is 15.9 Å². The highest BCUT2D eigenvalue weighted by atomic mass is 79.9. The number of hydrogen-bond donors (Lipinski definition) is 1. The zero-order chi connectivity index (χ0) is 14.0. The van der Waals surface area contributed by atoms with E-state index in [1.807, 2.05) is 13.0 Å². The van der Waals surface area contributed by atoms with Gasteiger partial charge in [-0.25, -0.2) is 8.78 Å². The zero-order valence-electron chi connectivity index (χ0n) is 10.2. The van der Waals surface area contributed by atoms with Crippen LogP contribution in [0.25, 0.3) is 0 Å². The van der Waals surface area contributed by atoms with Gasteiger partial charge in [-0.3, -0.25) is 0 Å². The van der Waals surface area contributed by atoms with Crippen molar-refractivity contribution >= 4 is 21.6 Å². The molecule has 0 spiro atoms. The summed E-state index contributed by atoms with van der Waals surface area (Å²) in [5.74, 6) is -0.735. The van der Waals surface area contributed by atoms with E-state index in [0.29, 0.717) is 11.4 Å². The van der Waals surface area contributed by atoms with Crippen molar-refractivity contribution in [1.29, 1.82) is 0 Å². The van der Waals surface area contributed by atoms with Gasteiger partial charge in [0.15, 0.2) is 0 Å². The average molecular weight is 328 g/mol. The summed E-state index contributed by atoms with van der Waals surface area (Å²) in [6, 6.07) is 6.95. The Bertz CT molecular complexity index is 593. The molecule has 0 radical (unpaired) electrons. The lowest BCUT2D eigenvalue weighted by atomic mass is 10.2. The molecule has 0 aromatic heterocycles. The van der Waals surface area contributed by atoms with Gasteiger partial charge in [0.25, 0.3) is 0 Å². The molecule has 2 aromatic carbocycles. The van der Waals surface area contributed by atoms with E-state index in [0.717, 1.165) is 16.1 Å². The number of ether oxygens (including phenoxy) is 1. The Morgan fingerprint density at radius 2 is 1.95 bits per heavy atom. The van der Waals surface area contributed by atoms with Crippen molar-refractivity contribution in [2.45, 2.75) is 13.5 Å². The maximum atomic E-state index is 13.5. The molecule has 0 saturated carbocycles. The van der Waals surface area contributed by atoms with E-state index in [9.17, 15) is 8.78 Å². The van der Waals surface area contributed by atoms with Crippen molar-refractivity contribution in [3.63, 3.8) is 0 Å². The van der Waals surface area contributed by atoms with Crippen LogP contribution in [0, 0.1) is 18.6 Å². The first-order chi connectivity index (χ1) is 8.97. The number of halogens is 3. The van der Waals surface area contributed by atoms with E-state index in [1.54, 1.807) is 6.07 Å². The maximum Gasteiger partial charge on any atom is 0.145 e. The van der Waals surface area contributed by atoms with Crippen LogP contribution in [0.4, 0.5) is 14.5 Å². The molecule has 5 heteroatoms. The minimum atomic E-state index is -0.631. The van der Waals surface area contributed by atoms with Crippen LogP contribution in [0.1, 0.15) is 11.1 Å². The fourth-order valence-electron chi connectivity index (χ4n) is 1.74. The molecule has 19 heavy (non-hydrogen) atoms. The first-order valence-corrected chi connectivity index (χ1v) is 6.39. The summed E-state index contributed by atoms with van der Waals surface area (Å²) in [6.07, 6.45) is 0. The second-order valence-corrected chi connectivity index (χ2v) is 5.08. The minimum absolute atomic E-state index is 0.00120. The van der Waals surface area contributed by atoms with Crippen LogP contribution >= 0.6 is 15.9 Å². The fraction of sp³-hybridized carbons (Fsp3) is 0.143. The number of nitrogen functional groups attached to an aromatic ring is 1. The SMILES string of the molecule is Cc1cc(Br)cc(N)c1OCc1ccc(F)cc1F. The highest BCUT2D eigenvalue weighted by molar-refractivity contribution is 9.10. The van der Waals surface area contributed by atoms with Gasteiger partial charge in [-0.15, -0.1) is 0 Å². The second kappa shape index (κ2) is 5.57.